The molecule has 4 heterocycles. The molecule has 10 nitrogen and oxygen atoms in total. The van der Waals surface area contributed by atoms with Gasteiger partial charge >= 0.3 is 18.0 Å². The minimum absolute atomic E-state index is 0.0245. The molecular weight excluding hydrogens is 676 g/mol. The highest BCUT2D eigenvalue weighted by Gasteiger charge is 2.58. The second-order valence-corrected chi connectivity index (χ2v) is 14.1. The molecule has 0 aliphatic carbocycles. The summed E-state index contributed by atoms with van der Waals surface area (Å²) in [6, 6.07) is 23.7. The fraction of sp³-hybridized carbons (Fsp3) is 0.289. The van der Waals surface area contributed by atoms with Crippen molar-refractivity contribution in [1.29, 1.82) is 0 Å². The van der Waals surface area contributed by atoms with E-state index in [1.165, 1.54) is 23.6 Å². The maximum absolute atomic E-state index is 14.4. The zero-order valence-electron chi connectivity index (χ0n) is 27.4. The first-order valence-electron chi connectivity index (χ1n) is 16.6. The van der Waals surface area contributed by atoms with Gasteiger partial charge in [-0.3, -0.25) is 19.9 Å². The number of benzene rings is 3. The predicted octanol–water partition coefficient (Wildman–Crippen LogP) is 6.52. The molecule has 50 heavy (non-hydrogen) atoms. The number of nitrogens with one attached hydrogen (secondary N) is 1. The number of β-lactam (4-membered cyclic amide) rings is 1. The SMILES string of the molecule is CC(=O)OCC1=CS[C@@H]2[C@H](NC(=O)[N+]3(c4ccnc5cc(Cl)ccc45)CCCCC3)C(=O)N2C1C(=O)OC(c1ccccc1)c1ccccc1. The van der Waals surface area contributed by atoms with Crippen molar-refractivity contribution in [2.45, 2.75) is 49.7 Å². The highest BCUT2D eigenvalue weighted by atomic mass is 35.5. The number of likely N-dealkylation sites (tertiary alicyclic amines) is 1. The van der Waals surface area contributed by atoms with Crippen LogP contribution in [0.5, 0.6) is 0 Å². The quantitative estimate of drug-likeness (QED) is 0.125. The highest BCUT2D eigenvalue weighted by molar-refractivity contribution is 8.03. The number of hydrogen-bond acceptors (Lipinski definition) is 8. The second-order valence-electron chi connectivity index (χ2n) is 12.7. The fourth-order valence-electron chi connectivity index (χ4n) is 7.11. The number of amides is 3. The molecule has 0 bridgehead atoms. The number of thioether (sulfide) groups is 1. The topological polar surface area (TPSA) is 115 Å². The molecule has 7 rings (SSSR count). The Morgan fingerprint density at radius 3 is 2.32 bits per heavy atom. The van der Waals surface area contributed by atoms with Crippen LogP contribution in [-0.2, 0) is 23.9 Å². The number of nitrogens with zero attached hydrogens (tertiary/aromatic N) is 3. The number of halogens is 1. The van der Waals surface area contributed by atoms with Crippen molar-refractivity contribution in [3.05, 3.63) is 118 Å². The van der Waals surface area contributed by atoms with Crippen LogP contribution in [0.15, 0.2) is 102 Å². The van der Waals surface area contributed by atoms with Gasteiger partial charge in [-0.25, -0.2) is 14.1 Å². The first kappa shape index (κ1) is 33.8. The third-order valence-corrected chi connectivity index (χ3v) is 11.0. The summed E-state index contributed by atoms with van der Waals surface area (Å²) in [6.45, 7) is 2.24. The van der Waals surface area contributed by atoms with Gasteiger partial charge < -0.3 is 14.4 Å². The van der Waals surface area contributed by atoms with Crippen LogP contribution in [0.1, 0.15) is 43.4 Å². The Morgan fingerprint density at radius 1 is 0.980 bits per heavy atom. The number of rotatable bonds is 8. The molecule has 4 aromatic rings. The van der Waals surface area contributed by atoms with Crippen LogP contribution in [0.3, 0.4) is 0 Å². The summed E-state index contributed by atoms with van der Waals surface area (Å²) in [6.07, 6.45) is 3.63. The van der Waals surface area contributed by atoms with Crippen LogP contribution in [0, 0.1) is 0 Å². The number of quaternary nitrogens is 1. The van der Waals surface area contributed by atoms with Crippen LogP contribution in [0.4, 0.5) is 10.5 Å². The van der Waals surface area contributed by atoms with Gasteiger partial charge in [0.15, 0.2) is 17.8 Å². The molecule has 0 spiro atoms. The Balaban J connectivity index is 1.17. The third-order valence-electron chi connectivity index (χ3n) is 9.56. The molecule has 3 aliphatic heterocycles. The van der Waals surface area contributed by atoms with Gasteiger partial charge in [-0.2, -0.15) is 0 Å². The highest BCUT2D eigenvalue weighted by Crippen LogP contribution is 2.42. The molecular formula is C38H36ClN4O6S+. The van der Waals surface area contributed by atoms with Gasteiger partial charge in [0.2, 0.25) is 5.91 Å². The van der Waals surface area contributed by atoms with Crippen LogP contribution in [0.25, 0.3) is 10.9 Å². The second kappa shape index (κ2) is 14.3. The Hall–Kier alpha value is -4.71. The molecule has 3 aromatic carbocycles. The molecule has 3 aliphatic rings. The van der Waals surface area contributed by atoms with Gasteiger partial charge in [0.05, 0.1) is 24.0 Å². The Labute approximate surface area is 299 Å². The minimum Gasteiger partial charge on any atom is -0.461 e. The molecule has 2 fully saturated rings. The molecule has 2 saturated heterocycles. The minimum atomic E-state index is -1.15. The van der Waals surface area contributed by atoms with Gasteiger partial charge in [-0.1, -0.05) is 72.3 Å². The van der Waals surface area contributed by atoms with Crippen LogP contribution < -0.4 is 9.80 Å². The van der Waals surface area contributed by atoms with Crippen molar-refractivity contribution in [2.24, 2.45) is 0 Å². The van der Waals surface area contributed by atoms with Gasteiger partial charge in [0.1, 0.15) is 18.0 Å². The lowest BCUT2D eigenvalue weighted by molar-refractivity contribution is -0.165. The first-order valence-corrected chi connectivity index (χ1v) is 17.9. The Kier molecular flexibility index (Phi) is 9.63. The van der Waals surface area contributed by atoms with Crippen molar-refractivity contribution in [1.82, 2.24) is 19.7 Å². The van der Waals surface area contributed by atoms with Crippen molar-refractivity contribution < 1.29 is 28.7 Å². The van der Waals surface area contributed by atoms with E-state index in [0.717, 1.165) is 41.5 Å². The van der Waals surface area contributed by atoms with Gasteiger partial charge in [-0.05, 0) is 54.0 Å². The molecule has 256 valence electrons. The van der Waals surface area contributed by atoms with E-state index in [1.54, 1.807) is 23.7 Å². The number of aromatic nitrogens is 1. The summed E-state index contributed by atoms with van der Waals surface area (Å²) in [5.74, 6) is -1.59. The molecule has 1 aromatic heterocycles. The standard InChI is InChI=1S/C38H35ClN4O6S/c1-24(44)48-22-27-23-50-36-32(41-38(47)43(19-9-4-10-20-43)31-17-18-40-30-21-28(39)15-16-29(30)31)35(45)42(36)33(27)37(46)49-34(25-11-5-2-6-12-25)26-13-7-3-8-14-26/h2-3,5-8,11-18,21,23,32-34,36H,4,9-10,19-20,22H2,1H3/p+1/t32-,33?,36-/m1/s1. The number of ether oxygens (including phenoxy) is 2. The first-order chi connectivity index (χ1) is 24.3. The molecule has 1 N–H and O–H groups in total. The molecule has 3 amide bonds. The molecule has 1 unspecified atom stereocenters. The third kappa shape index (κ3) is 6.36. The number of piperidine rings is 1. The smallest absolute Gasteiger partial charge is 0.422 e. The monoisotopic (exact) mass is 711 g/mol. The average Bonchev–Trinajstić information content (AvgIpc) is 3.15. The predicted molar refractivity (Wildman–Crippen MR) is 192 cm³/mol. The number of esters is 2. The number of pyridine rings is 1. The summed E-state index contributed by atoms with van der Waals surface area (Å²) in [4.78, 5) is 60.4. The maximum Gasteiger partial charge on any atom is 0.422 e. The lowest BCUT2D eigenvalue weighted by atomic mass is 9.97. The number of carbonyl (C=O) groups is 4. The van der Waals surface area contributed by atoms with E-state index in [4.69, 9.17) is 21.1 Å². The average molecular weight is 712 g/mol. The summed E-state index contributed by atoms with van der Waals surface area (Å²) < 4.78 is 11.5. The normalized spacial score (nSPS) is 21.1. The zero-order chi connectivity index (χ0) is 34.8. The molecule has 0 saturated carbocycles. The van der Waals surface area contributed by atoms with Gasteiger partial charge in [0, 0.05) is 29.8 Å². The lowest BCUT2D eigenvalue weighted by Gasteiger charge is -2.52. The van der Waals surface area contributed by atoms with E-state index in [-0.39, 0.29) is 17.1 Å². The zero-order valence-corrected chi connectivity index (χ0v) is 28.9. The number of fused-ring (bicyclic) bond motifs is 2. The lowest BCUT2D eigenvalue weighted by Crippen LogP contribution is -2.76. The number of carbonyl (C=O) groups excluding carboxylic acids is 4. The van der Waals surface area contributed by atoms with Crippen molar-refractivity contribution in [2.75, 3.05) is 19.7 Å². The molecule has 12 heteroatoms. The van der Waals surface area contributed by atoms with E-state index in [0.29, 0.717) is 29.2 Å². The fourth-order valence-corrected chi connectivity index (χ4v) is 8.48. The van der Waals surface area contributed by atoms with Crippen LogP contribution >= 0.6 is 23.4 Å². The van der Waals surface area contributed by atoms with E-state index < -0.39 is 41.4 Å². The summed E-state index contributed by atoms with van der Waals surface area (Å²) in [7, 11) is 0. The van der Waals surface area contributed by atoms with E-state index in [2.05, 4.69) is 10.3 Å². The summed E-state index contributed by atoms with van der Waals surface area (Å²) >= 11 is 7.57. The Morgan fingerprint density at radius 2 is 1.66 bits per heavy atom. The van der Waals surface area contributed by atoms with Crippen molar-refractivity contribution in [3.63, 3.8) is 0 Å². The maximum atomic E-state index is 14.4. The number of urea groups is 1. The number of hydrogen-bond donors (Lipinski definition) is 1. The van der Waals surface area contributed by atoms with E-state index in [9.17, 15) is 19.2 Å². The Bertz CT molecular complexity index is 1930. The molecule has 0 radical (unpaired) electrons. The largest absolute Gasteiger partial charge is 0.461 e. The van der Waals surface area contributed by atoms with Crippen molar-refractivity contribution in [3.8, 4) is 0 Å². The van der Waals surface area contributed by atoms with Crippen LogP contribution in [0.2, 0.25) is 5.02 Å². The van der Waals surface area contributed by atoms with E-state index in [1.807, 2.05) is 72.8 Å². The summed E-state index contributed by atoms with van der Waals surface area (Å²) in [5.41, 5.74) is 3.45. The van der Waals surface area contributed by atoms with Crippen molar-refractivity contribution >= 4 is 63.8 Å². The van der Waals surface area contributed by atoms with Crippen LogP contribution in [-0.4, -0.2) is 70.9 Å². The van der Waals surface area contributed by atoms with Gasteiger partial charge in [-0.15, -0.1) is 11.8 Å². The van der Waals surface area contributed by atoms with E-state index >= 15 is 0 Å². The summed E-state index contributed by atoms with van der Waals surface area (Å²) in [5, 5.41) is 5.63. The molecule has 3 atom stereocenters. The van der Waals surface area contributed by atoms with Gasteiger partial charge in [0.25, 0.3) is 0 Å².